The van der Waals surface area contributed by atoms with Gasteiger partial charge in [0.25, 0.3) is 5.91 Å². The number of rotatable bonds is 5. The van der Waals surface area contributed by atoms with Gasteiger partial charge in [-0.1, -0.05) is 18.2 Å². The third-order valence-electron chi connectivity index (χ3n) is 3.58. The number of aromatic nitrogens is 2. The summed E-state index contributed by atoms with van der Waals surface area (Å²) in [6.45, 7) is 4.22. The average molecular weight is 337 g/mol. The molecule has 3 rings (SSSR count). The molecule has 0 aliphatic carbocycles. The molecule has 1 aromatic heterocycles. The number of anilines is 1. The van der Waals surface area contributed by atoms with Crippen LogP contribution in [0.15, 0.2) is 54.7 Å². The van der Waals surface area contributed by atoms with Crippen LogP contribution in [0.25, 0.3) is 0 Å². The van der Waals surface area contributed by atoms with Crippen LogP contribution in [0.5, 0.6) is 11.5 Å². The Bertz CT molecular complexity index is 882. The fourth-order valence-corrected chi connectivity index (χ4v) is 2.48. The van der Waals surface area contributed by atoms with Crippen molar-refractivity contribution >= 4 is 11.6 Å². The number of hydrogen-bond acceptors (Lipinski definition) is 4. The molecule has 0 unspecified atom stereocenters. The van der Waals surface area contributed by atoms with Crippen molar-refractivity contribution in [2.45, 2.75) is 20.6 Å². The predicted octanol–water partition coefficient (Wildman–Crippen LogP) is 3.49. The van der Waals surface area contributed by atoms with Crippen LogP contribution >= 0.6 is 0 Å². The minimum atomic E-state index is -0.397. The van der Waals surface area contributed by atoms with Gasteiger partial charge in [0.1, 0.15) is 11.5 Å². The van der Waals surface area contributed by atoms with Gasteiger partial charge in [0.15, 0.2) is 12.4 Å². The number of phenolic OH excluding ortho intramolecular Hbond substituents is 1. The number of aryl methyl sites for hydroxylation is 2. The summed E-state index contributed by atoms with van der Waals surface area (Å²) in [5.41, 5.74) is 2.83. The minimum absolute atomic E-state index is 0.00781. The van der Waals surface area contributed by atoms with Crippen LogP contribution in [0, 0.1) is 13.8 Å². The van der Waals surface area contributed by atoms with Crippen molar-refractivity contribution in [3.8, 4) is 11.5 Å². The van der Waals surface area contributed by atoms with E-state index in [0.29, 0.717) is 5.69 Å². The summed E-state index contributed by atoms with van der Waals surface area (Å²) in [5.74, 6) is 0.369. The molecule has 6 nitrogen and oxygen atoms in total. The zero-order chi connectivity index (χ0) is 17.8. The summed E-state index contributed by atoms with van der Waals surface area (Å²) >= 11 is 0. The molecule has 0 aliphatic rings. The summed E-state index contributed by atoms with van der Waals surface area (Å²) in [6, 6.07) is 14.1. The molecule has 0 radical (unpaired) electrons. The number of hydrogen-bond donors (Lipinski definition) is 2. The lowest BCUT2D eigenvalue weighted by Crippen LogP contribution is -2.14. The quantitative estimate of drug-likeness (QED) is 0.699. The molecule has 128 valence electrons. The highest BCUT2D eigenvalue weighted by atomic mass is 16.5. The minimum Gasteiger partial charge on any atom is -0.506 e. The van der Waals surface area contributed by atoms with E-state index >= 15 is 0 Å². The van der Waals surface area contributed by atoms with Gasteiger partial charge in [0.2, 0.25) is 0 Å². The maximum Gasteiger partial charge on any atom is 0.276 e. The maximum atomic E-state index is 12.2. The maximum absolute atomic E-state index is 12.2. The Labute approximate surface area is 145 Å². The first-order chi connectivity index (χ1) is 12.0. The summed E-state index contributed by atoms with van der Waals surface area (Å²) in [5, 5.41) is 16.5. The lowest BCUT2D eigenvalue weighted by atomic mass is 10.1. The number of phenols is 1. The Morgan fingerprint density at radius 2 is 1.88 bits per heavy atom. The van der Waals surface area contributed by atoms with Crippen molar-refractivity contribution in [3.63, 3.8) is 0 Å². The number of ether oxygens (including phenoxy) is 1. The van der Waals surface area contributed by atoms with Gasteiger partial charge in [-0.2, -0.15) is 5.10 Å². The van der Waals surface area contributed by atoms with E-state index in [-0.39, 0.29) is 18.2 Å². The standard InChI is InChI=1S/C19H19N3O3/c1-13-9-14(2)11-15(10-13)25-12-22-8-7-17(21-22)19(24)20-16-5-3-4-6-18(16)23/h3-11,23H,12H2,1-2H3,(H,20,24). The van der Waals surface area contributed by atoms with E-state index in [9.17, 15) is 9.90 Å². The molecule has 0 saturated carbocycles. The lowest BCUT2D eigenvalue weighted by molar-refractivity contribution is 0.102. The number of nitrogens with zero attached hydrogens (tertiary/aromatic N) is 2. The van der Waals surface area contributed by atoms with Gasteiger partial charge in [-0.25, -0.2) is 4.68 Å². The van der Waals surface area contributed by atoms with E-state index in [2.05, 4.69) is 16.5 Å². The molecule has 2 aromatic carbocycles. The largest absolute Gasteiger partial charge is 0.506 e. The molecule has 0 aliphatic heterocycles. The molecular formula is C19H19N3O3. The lowest BCUT2D eigenvalue weighted by Gasteiger charge is -2.08. The number of amides is 1. The zero-order valence-corrected chi connectivity index (χ0v) is 14.1. The molecule has 0 saturated heterocycles. The Balaban J connectivity index is 1.64. The number of aromatic hydroxyl groups is 1. The molecule has 25 heavy (non-hydrogen) atoms. The Kier molecular flexibility index (Phi) is 4.70. The molecule has 2 N–H and O–H groups in total. The smallest absolute Gasteiger partial charge is 0.276 e. The third kappa shape index (κ3) is 4.17. The number of carbonyl (C=O) groups is 1. The number of para-hydroxylation sites is 2. The van der Waals surface area contributed by atoms with Crippen molar-refractivity contribution in [2.75, 3.05) is 5.32 Å². The fraction of sp³-hybridized carbons (Fsp3) is 0.158. The molecule has 0 atom stereocenters. The summed E-state index contributed by atoms with van der Waals surface area (Å²) < 4.78 is 7.25. The van der Waals surface area contributed by atoms with Gasteiger partial charge in [-0.15, -0.1) is 0 Å². The van der Waals surface area contributed by atoms with Gasteiger partial charge < -0.3 is 15.2 Å². The number of nitrogens with one attached hydrogen (secondary N) is 1. The normalized spacial score (nSPS) is 10.5. The highest BCUT2D eigenvalue weighted by molar-refractivity contribution is 6.03. The van der Waals surface area contributed by atoms with Crippen molar-refractivity contribution < 1.29 is 14.6 Å². The van der Waals surface area contributed by atoms with E-state index < -0.39 is 5.91 Å². The predicted molar refractivity (Wildman–Crippen MR) is 94.8 cm³/mol. The highest BCUT2D eigenvalue weighted by Gasteiger charge is 2.12. The van der Waals surface area contributed by atoms with Crippen LogP contribution in [0.3, 0.4) is 0 Å². The molecule has 0 spiro atoms. The second-order valence-electron chi connectivity index (χ2n) is 5.81. The van der Waals surface area contributed by atoms with Gasteiger partial charge in [-0.3, -0.25) is 4.79 Å². The first-order valence-corrected chi connectivity index (χ1v) is 7.85. The molecule has 1 heterocycles. The average Bonchev–Trinajstić information content (AvgIpc) is 3.03. The molecule has 1 amide bonds. The van der Waals surface area contributed by atoms with Gasteiger partial charge in [0.05, 0.1) is 5.69 Å². The molecular weight excluding hydrogens is 318 g/mol. The molecule has 0 bridgehead atoms. The van der Waals surface area contributed by atoms with Crippen LogP contribution in [-0.2, 0) is 6.73 Å². The molecule has 0 fully saturated rings. The second kappa shape index (κ2) is 7.09. The van der Waals surface area contributed by atoms with Crippen molar-refractivity contribution in [1.82, 2.24) is 9.78 Å². The summed E-state index contributed by atoms with van der Waals surface area (Å²) in [6.07, 6.45) is 1.67. The van der Waals surface area contributed by atoms with Gasteiger partial charge in [-0.05, 0) is 55.3 Å². The van der Waals surface area contributed by atoms with Crippen molar-refractivity contribution in [1.29, 1.82) is 0 Å². The molecule has 3 aromatic rings. The van der Waals surface area contributed by atoms with Crippen LogP contribution < -0.4 is 10.1 Å². The Morgan fingerprint density at radius 3 is 2.60 bits per heavy atom. The van der Waals surface area contributed by atoms with E-state index in [1.807, 2.05) is 26.0 Å². The number of carbonyl (C=O) groups excluding carboxylic acids is 1. The SMILES string of the molecule is Cc1cc(C)cc(OCn2ccc(C(=O)Nc3ccccc3O)n2)c1. The van der Waals surface area contributed by atoms with Crippen LogP contribution in [0.1, 0.15) is 21.6 Å². The highest BCUT2D eigenvalue weighted by Crippen LogP contribution is 2.22. The second-order valence-corrected chi connectivity index (χ2v) is 5.81. The monoisotopic (exact) mass is 337 g/mol. The van der Waals surface area contributed by atoms with E-state index in [1.54, 1.807) is 30.5 Å². The summed E-state index contributed by atoms with van der Waals surface area (Å²) in [4.78, 5) is 12.2. The van der Waals surface area contributed by atoms with Crippen LogP contribution in [-0.4, -0.2) is 20.8 Å². The van der Waals surface area contributed by atoms with Crippen molar-refractivity contribution in [2.24, 2.45) is 0 Å². The van der Waals surface area contributed by atoms with Crippen molar-refractivity contribution in [3.05, 3.63) is 71.5 Å². The van der Waals surface area contributed by atoms with Crippen LogP contribution in [0.2, 0.25) is 0 Å². The Hall–Kier alpha value is -3.28. The zero-order valence-electron chi connectivity index (χ0n) is 14.1. The van der Waals surface area contributed by atoms with E-state index in [0.717, 1.165) is 16.9 Å². The van der Waals surface area contributed by atoms with Crippen LogP contribution in [0.4, 0.5) is 5.69 Å². The topological polar surface area (TPSA) is 76.4 Å². The summed E-state index contributed by atoms with van der Waals surface area (Å²) in [7, 11) is 0. The van der Waals surface area contributed by atoms with Gasteiger partial charge in [0, 0.05) is 6.20 Å². The first-order valence-electron chi connectivity index (χ1n) is 7.85. The fourth-order valence-electron chi connectivity index (χ4n) is 2.48. The first kappa shape index (κ1) is 16.6. The Morgan fingerprint density at radius 1 is 1.16 bits per heavy atom. The van der Waals surface area contributed by atoms with E-state index in [1.165, 1.54) is 10.7 Å². The number of benzene rings is 2. The van der Waals surface area contributed by atoms with Gasteiger partial charge >= 0.3 is 0 Å². The third-order valence-corrected chi connectivity index (χ3v) is 3.58. The molecule has 6 heteroatoms. The van der Waals surface area contributed by atoms with E-state index in [4.69, 9.17) is 4.74 Å².